The van der Waals surface area contributed by atoms with E-state index in [0.29, 0.717) is 10.8 Å². The maximum Gasteiger partial charge on any atom is 0.146 e. The first-order valence-electron chi connectivity index (χ1n) is 6.33. The minimum atomic E-state index is 0.125. The first kappa shape index (κ1) is 13.9. The first-order chi connectivity index (χ1) is 9.04. The molecule has 0 bridgehead atoms. The van der Waals surface area contributed by atoms with E-state index in [2.05, 4.69) is 0 Å². The summed E-state index contributed by atoms with van der Waals surface area (Å²) in [4.78, 5) is 0. The molecule has 0 heterocycles. The maximum atomic E-state index is 6.23. The Bertz CT molecular complexity index is 549. The molecule has 100 valence electrons. The van der Waals surface area contributed by atoms with E-state index in [1.807, 2.05) is 56.3 Å². The van der Waals surface area contributed by atoms with Crippen molar-refractivity contribution in [2.45, 2.75) is 26.3 Å². The average molecular weight is 276 g/mol. The highest BCUT2D eigenvalue weighted by atomic mass is 35.5. The zero-order valence-electron chi connectivity index (χ0n) is 11.2. The van der Waals surface area contributed by atoms with Gasteiger partial charge in [-0.25, -0.2) is 0 Å². The van der Waals surface area contributed by atoms with Crippen LogP contribution in [0.1, 0.15) is 18.1 Å². The third-order valence-electron chi connectivity index (χ3n) is 2.80. The van der Waals surface area contributed by atoms with Gasteiger partial charge in [0.2, 0.25) is 0 Å². The highest BCUT2D eigenvalue weighted by Crippen LogP contribution is 2.30. The number of aryl methyl sites for hydroxylation is 1. The van der Waals surface area contributed by atoms with Gasteiger partial charge in [0.05, 0.1) is 5.02 Å². The van der Waals surface area contributed by atoms with Crippen molar-refractivity contribution >= 4 is 11.6 Å². The summed E-state index contributed by atoms with van der Waals surface area (Å²) in [6.45, 7) is 4.02. The molecule has 2 aromatic rings. The van der Waals surface area contributed by atoms with Crippen molar-refractivity contribution in [2.24, 2.45) is 5.73 Å². The molecule has 2 N–H and O–H groups in total. The molecular formula is C16H18ClNO. The van der Waals surface area contributed by atoms with Gasteiger partial charge in [-0.3, -0.25) is 0 Å². The van der Waals surface area contributed by atoms with Crippen molar-refractivity contribution in [1.82, 2.24) is 0 Å². The van der Waals surface area contributed by atoms with E-state index >= 15 is 0 Å². The minimum Gasteiger partial charge on any atom is -0.456 e. The number of nitrogens with two attached hydrogens (primary N) is 1. The third-order valence-corrected chi connectivity index (χ3v) is 3.10. The molecule has 0 spiro atoms. The Balaban J connectivity index is 2.15. The van der Waals surface area contributed by atoms with Crippen LogP contribution >= 0.6 is 11.6 Å². The quantitative estimate of drug-likeness (QED) is 0.901. The second-order valence-electron chi connectivity index (χ2n) is 4.86. The summed E-state index contributed by atoms with van der Waals surface area (Å²) in [5.74, 6) is 1.45. The van der Waals surface area contributed by atoms with Gasteiger partial charge in [-0.05, 0) is 50.1 Å². The Morgan fingerprint density at radius 2 is 1.84 bits per heavy atom. The summed E-state index contributed by atoms with van der Waals surface area (Å²) in [7, 11) is 0. The minimum absolute atomic E-state index is 0.125. The predicted molar refractivity (Wildman–Crippen MR) is 80.1 cm³/mol. The van der Waals surface area contributed by atoms with Crippen molar-refractivity contribution in [1.29, 1.82) is 0 Å². The monoisotopic (exact) mass is 275 g/mol. The molecular weight excluding hydrogens is 258 g/mol. The first-order valence-corrected chi connectivity index (χ1v) is 6.71. The van der Waals surface area contributed by atoms with Crippen LogP contribution in [0.3, 0.4) is 0 Å². The Morgan fingerprint density at radius 3 is 2.42 bits per heavy atom. The van der Waals surface area contributed by atoms with Gasteiger partial charge in [0.25, 0.3) is 0 Å². The van der Waals surface area contributed by atoms with Crippen LogP contribution in [-0.4, -0.2) is 6.04 Å². The molecule has 1 unspecified atom stereocenters. The van der Waals surface area contributed by atoms with Crippen LogP contribution in [0, 0.1) is 6.92 Å². The molecule has 0 fully saturated rings. The van der Waals surface area contributed by atoms with Gasteiger partial charge in [0.1, 0.15) is 11.5 Å². The zero-order valence-corrected chi connectivity index (χ0v) is 11.9. The maximum absolute atomic E-state index is 6.23. The van der Waals surface area contributed by atoms with Crippen molar-refractivity contribution in [3.8, 4) is 11.5 Å². The molecule has 0 saturated carbocycles. The van der Waals surface area contributed by atoms with Gasteiger partial charge in [-0.1, -0.05) is 35.4 Å². The fraction of sp³-hybridized carbons (Fsp3) is 0.250. The predicted octanol–water partition coefficient (Wildman–Crippen LogP) is 4.33. The summed E-state index contributed by atoms with van der Waals surface area (Å²) in [6.07, 6.45) is 0.810. The summed E-state index contributed by atoms with van der Waals surface area (Å²) in [5.41, 5.74) is 8.10. The number of ether oxygens (including phenoxy) is 1. The Kier molecular flexibility index (Phi) is 4.46. The molecule has 0 radical (unpaired) electrons. The van der Waals surface area contributed by atoms with Crippen LogP contribution in [0.15, 0.2) is 42.5 Å². The number of hydrogen-bond acceptors (Lipinski definition) is 2. The summed E-state index contributed by atoms with van der Waals surface area (Å²) < 4.78 is 5.76. The molecule has 0 aromatic heterocycles. The molecule has 0 aliphatic rings. The van der Waals surface area contributed by atoms with Gasteiger partial charge >= 0.3 is 0 Å². The Labute approximate surface area is 119 Å². The third kappa shape index (κ3) is 3.98. The molecule has 2 aromatic carbocycles. The van der Waals surface area contributed by atoms with Gasteiger partial charge < -0.3 is 10.5 Å². The molecule has 0 saturated heterocycles. The lowest BCUT2D eigenvalue weighted by atomic mass is 10.1. The normalized spacial score (nSPS) is 12.2. The smallest absolute Gasteiger partial charge is 0.146 e. The molecule has 0 aliphatic heterocycles. The second kappa shape index (κ2) is 6.09. The number of rotatable bonds is 4. The van der Waals surface area contributed by atoms with Crippen molar-refractivity contribution in [3.05, 3.63) is 58.6 Å². The van der Waals surface area contributed by atoms with E-state index in [0.717, 1.165) is 17.7 Å². The van der Waals surface area contributed by atoms with Gasteiger partial charge in [-0.2, -0.15) is 0 Å². The number of halogens is 1. The number of hydrogen-bond donors (Lipinski definition) is 1. The molecule has 3 heteroatoms. The lowest BCUT2D eigenvalue weighted by Crippen LogP contribution is -2.17. The van der Waals surface area contributed by atoms with Crippen molar-refractivity contribution in [2.75, 3.05) is 0 Å². The van der Waals surface area contributed by atoms with Gasteiger partial charge in [-0.15, -0.1) is 0 Å². The van der Waals surface area contributed by atoms with Crippen LogP contribution in [0.25, 0.3) is 0 Å². The van der Waals surface area contributed by atoms with Crippen LogP contribution in [0.5, 0.6) is 11.5 Å². The van der Waals surface area contributed by atoms with Crippen LogP contribution in [-0.2, 0) is 6.42 Å². The molecule has 19 heavy (non-hydrogen) atoms. The lowest BCUT2D eigenvalue weighted by Gasteiger charge is -2.10. The molecule has 0 aliphatic carbocycles. The number of benzene rings is 2. The van der Waals surface area contributed by atoms with Gasteiger partial charge in [0, 0.05) is 6.04 Å². The van der Waals surface area contributed by atoms with Gasteiger partial charge in [0.15, 0.2) is 0 Å². The average Bonchev–Trinajstić information content (AvgIpc) is 2.34. The molecule has 1 atom stereocenters. The zero-order chi connectivity index (χ0) is 13.8. The van der Waals surface area contributed by atoms with E-state index in [1.165, 1.54) is 5.56 Å². The van der Waals surface area contributed by atoms with Crippen molar-refractivity contribution in [3.63, 3.8) is 0 Å². The Hall–Kier alpha value is -1.51. The summed E-state index contributed by atoms with van der Waals surface area (Å²) in [5, 5.41) is 0.610. The topological polar surface area (TPSA) is 35.2 Å². The van der Waals surface area contributed by atoms with Crippen molar-refractivity contribution < 1.29 is 4.74 Å². The summed E-state index contributed by atoms with van der Waals surface area (Å²) in [6, 6.07) is 13.8. The highest BCUT2D eigenvalue weighted by molar-refractivity contribution is 6.32. The standard InChI is InChI=1S/C16H18ClNO/c1-11-3-6-14(7-4-11)19-16-8-5-13(9-12(2)18)10-15(16)17/h3-8,10,12H,9,18H2,1-2H3. The summed E-state index contributed by atoms with van der Waals surface area (Å²) >= 11 is 6.23. The van der Waals surface area contributed by atoms with E-state index in [1.54, 1.807) is 0 Å². The SMILES string of the molecule is Cc1ccc(Oc2ccc(CC(C)N)cc2Cl)cc1. The molecule has 2 rings (SSSR count). The van der Waals surface area contributed by atoms with E-state index in [-0.39, 0.29) is 6.04 Å². The van der Waals surface area contributed by atoms with Crippen LogP contribution in [0.4, 0.5) is 0 Å². The fourth-order valence-electron chi connectivity index (χ4n) is 1.86. The second-order valence-corrected chi connectivity index (χ2v) is 5.27. The lowest BCUT2D eigenvalue weighted by molar-refractivity contribution is 0.482. The largest absolute Gasteiger partial charge is 0.456 e. The molecule has 2 nitrogen and oxygen atoms in total. The van der Waals surface area contributed by atoms with E-state index in [4.69, 9.17) is 22.1 Å². The van der Waals surface area contributed by atoms with E-state index < -0.39 is 0 Å². The van der Waals surface area contributed by atoms with Crippen LogP contribution < -0.4 is 10.5 Å². The van der Waals surface area contributed by atoms with E-state index in [9.17, 15) is 0 Å². The fourth-order valence-corrected chi connectivity index (χ4v) is 2.10. The highest BCUT2D eigenvalue weighted by Gasteiger charge is 2.06. The Morgan fingerprint density at radius 1 is 1.16 bits per heavy atom. The van der Waals surface area contributed by atoms with Crippen LogP contribution in [0.2, 0.25) is 5.02 Å². The molecule has 0 amide bonds.